The summed E-state index contributed by atoms with van der Waals surface area (Å²) in [6.45, 7) is 1.58. The van der Waals surface area contributed by atoms with Crippen molar-refractivity contribution in [2.75, 3.05) is 20.8 Å². The third kappa shape index (κ3) is 5.13. The van der Waals surface area contributed by atoms with Gasteiger partial charge in [0, 0.05) is 11.1 Å². The summed E-state index contributed by atoms with van der Waals surface area (Å²) in [6, 6.07) is 11.7. The first-order chi connectivity index (χ1) is 12.4. The summed E-state index contributed by atoms with van der Waals surface area (Å²) in [5.74, 6) is -0.186. The zero-order valence-electron chi connectivity index (χ0n) is 14.7. The van der Waals surface area contributed by atoms with Crippen LogP contribution in [0, 0.1) is 0 Å². The van der Waals surface area contributed by atoms with Gasteiger partial charge in [0.25, 0.3) is 5.91 Å². The number of hydrogen-bond donors (Lipinski definition) is 1. The third-order valence-electron chi connectivity index (χ3n) is 3.68. The summed E-state index contributed by atoms with van der Waals surface area (Å²) < 4.78 is 15.3. The Morgan fingerprint density at radius 2 is 1.92 bits per heavy atom. The molecule has 1 N–H and O–H groups in total. The van der Waals surface area contributed by atoms with Gasteiger partial charge in [0.05, 0.1) is 20.3 Å². The molecular weight excluding hydrogens is 358 g/mol. The fraction of sp³-hybridized carbons (Fsp3) is 0.263. The molecule has 1 unspecified atom stereocenters. The van der Waals surface area contributed by atoms with E-state index in [9.17, 15) is 9.59 Å². The van der Waals surface area contributed by atoms with Crippen molar-refractivity contribution in [1.29, 1.82) is 0 Å². The molecule has 138 valence electrons. The predicted octanol–water partition coefficient (Wildman–Crippen LogP) is 3.39. The summed E-state index contributed by atoms with van der Waals surface area (Å²) in [6.07, 6.45) is 0. The van der Waals surface area contributed by atoms with Crippen molar-refractivity contribution in [3.63, 3.8) is 0 Å². The maximum Gasteiger partial charge on any atom is 0.341 e. The van der Waals surface area contributed by atoms with Crippen molar-refractivity contribution < 1.29 is 23.8 Å². The van der Waals surface area contributed by atoms with E-state index in [-0.39, 0.29) is 29.9 Å². The number of methoxy groups -OCH3 is 2. The first kappa shape index (κ1) is 19.6. The lowest BCUT2D eigenvalue weighted by atomic mass is 10.1. The average Bonchev–Trinajstić information content (AvgIpc) is 2.65. The van der Waals surface area contributed by atoms with Crippen LogP contribution in [0.25, 0.3) is 0 Å². The SMILES string of the molecule is COC(=O)c1ccc(OC)cc1OCC(=O)NC(C)c1cccc(Cl)c1. The number of nitrogens with one attached hydrogen (secondary N) is 1. The van der Waals surface area contributed by atoms with E-state index in [0.717, 1.165) is 5.56 Å². The van der Waals surface area contributed by atoms with E-state index < -0.39 is 5.97 Å². The van der Waals surface area contributed by atoms with E-state index in [1.54, 1.807) is 18.2 Å². The van der Waals surface area contributed by atoms with Gasteiger partial charge in [-0.05, 0) is 36.8 Å². The minimum atomic E-state index is -0.560. The van der Waals surface area contributed by atoms with Gasteiger partial charge in [-0.1, -0.05) is 23.7 Å². The second-order valence-corrected chi connectivity index (χ2v) is 5.92. The van der Waals surface area contributed by atoms with Gasteiger partial charge >= 0.3 is 5.97 Å². The standard InChI is InChI=1S/C19H20ClNO5/c1-12(13-5-4-6-14(20)9-13)21-18(22)11-26-17-10-15(24-2)7-8-16(17)19(23)25-3/h4-10,12H,11H2,1-3H3,(H,21,22). The molecule has 2 aromatic carbocycles. The number of carbonyl (C=O) groups excluding carboxylic acids is 2. The van der Waals surface area contributed by atoms with E-state index >= 15 is 0 Å². The zero-order valence-corrected chi connectivity index (χ0v) is 15.5. The highest BCUT2D eigenvalue weighted by Gasteiger charge is 2.16. The number of benzene rings is 2. The molecule has 0 fully saturated rings. The quantitative estimate of drug-likeness (QED) is 0.748. The Balaban J connectivity index is 2.03. The lowest BCUT2D eigenvalue weighted by molar-refractivity contribution is -0.123. The van der Waals surface area contributed by atoms with Crippen LogP contribution in [0.4, 0.5) is 0 Å². The lowest BCUT2D eigenvalue weighted by Gasteiger charge is -2.16. The van der Waals surface area contributed by atoms with Crippen LogP contribution in [0.2, 0.25) is 5.02 Å². The van der Waals surface area contributed by atoms with Crippen molar-refractivity contribution in [3.8, 4) is 11.5 Å². The predicted molar refractivity (Wildman–Crippen MR) is 97.8 cm³/mol. The molecule has 1 amide bonds. The molecular formula is C19H20ClNO5. The van der Waals surface area contributed by atoms with Crippen LogP contribution in [-0.2, 0) is 9.53 Å². The molecule has 6 nitrogen and oxygen atoms in total. The van der Waals surface area contributed by atoms with Crippen LogP contribution in [0.5, 0.6) is 11.5 Å². The lowest BCUT2D eigenvalue weighted by Crippen LogP contribution is -2.31. The van der Waals surface area contributed by atoms with Crippen molar-refractivity contribution in [3.05, 3.63) is 58.6 Å². The molecule has 0 heterocycles. The Labute approximate surface area is 157 Å². The van der Waals surface area contributed by atoms with Gasteiger partial charge in [0.1, 0.15) is 17.1 Å². The average molecular weight is 378 g/mol. The van der Waals surface area contributed by atoms with Gasteiger partial charge in [-0.2, -0.15) is 0 Å². The molecule has 0 saturated heterocycles. The molecule has 0 aliphatic heterocycles. The Morgan fingerprint density at radius 1 is 1.15 bits per heavy atom. The smallest absolute Gasteiger partial charge is 0.341 e. The Morgan fingerprint density at radius 3 is 2.58 bits per heavy atom. The van der Waals surface area contributed by atoms with Crippen LogP contribution < -0.4 is 14.8 Å². The van der Waals surface area contributed by atoms with Crippen LogP contribution in [0.15, 0.2) is 42.5 Å². The summed E-state index contributed by atoms with van der Waals surface area (Å²) in [5, 5.41) is 3.41. The molecule has 0 aliphatic carbocycles. The van der Waals surface area contributed by atoms with Crippen LogP contribution >= 0.6 is 11.6 Å². The topological polar surface area (TPSA) is 73.9 Å². The molecule has 0 spiro atoms. The van der Waals surface area contributed by atoms with E-state index in [2.05, 4.69) is 5.32 Å². The molecule has 1 atom stereocenters. The van der Waals surface area contributed by atoms with Gasteiger partial charge in [-0.25, -0.2) is 4.79 Å². The molecule has 2 aromatic rings. The molecule has 2 rings (SSSR count). The van der Waals surface area contributed by atoms with Gasteiger partial charge in [0.2, 0.25) is 0 Å². The third-order valence-corrected chi connectivity index (χ3v) is 3.91. The van der Waals surface area contributed by atoms with Crippen LogP contribution in [0.1, 0.15) is 28.9 Å². The second-order valence-electron chi connectivity index (χ2n) is 5.49. The number of esters is 1. The fourth-order valence-corrected chi connectivity index (χ4v) is 2.51. The summed E-state index contributed by atoms with van der Waals surface area (Å²) in [5.41, 5.74) is 1.09. The molecule has 7 heteroatoms. The van der Waals surface area contributed by atoms with Crippen molar-refractivity contribution in [1.82, 2.24) is 5.32 Å². The van der Waals surface area contributed by atoms with E-state index in [0.29, 0.717) is 10.8 Å². The number of carbonyl (C=O) groups is 2. The van der Waals surface area contributed by atoms with Crippen LogP contribution in [0.3, 0.4) is 0 Å². The van der Waals surface area contributed by atoms with Gasteiger partial charge in [-0.3, -0.25) is 4.79 Å². The van der Waals surface area contributed by atoms with Crippen LogP contribution in [-0.4, -0.2) is 32.7 Å². The monoisotopic (exact) mass is 377 g/mol. The number of amides is 1. The molecule has 0 radical (unpaired) electrons. The fourth-order valence-electron chi connectivity index (χ4n) is 2.31. The highest BCUT2D eigenvalue weighted by atomic mass is 35.5. The maximum atomic E-state index is 12.2. The first-order valence-corrected chi connectivity index (χ1v) is 8.26. The van der Waals surface area contributed by atoms with E-state index in [4.69, 9.17) is 25.8 Å². The second kappa shape index (κ2) is 9.10. The summed E-state index contributed by atoms with van der Waals surface area (Å²) >= 11 is 5.96. The number of rotatable bonds is 7. The Bertz CT molecular complexity index is 793. The summed E-state index contributed by atoms with van der Waals surface area (Å²) in [4.78, 5) is 24.0. The van der Waals surface area contributed by atoms with Gasteiger partial charge in [0.15, 0.2) is 6.61 Å². The maximum absolute atomic E-state index is 12.2. The van der Waals surface area contributed by atoms with E-state index in [1.807, 2.05) is 19.1 Å². The minimum Gasteiger partial charge on any atom is -0.497 e. The molecule has 0 saturated carbocycles. The highest BCUT2D eigenvalue weighted by molar-refractivity contribution is 6.30. The molecule has 0 aliphatic rings. The zero-order chi connectivity index (χ0) is 19.1. The Hall–Kier alpha value is -2.73. The van der Waals surface area contributed by atoms with Gasteiger partial charge < -0.3 is 19.5 Å². The van der Waals surface area contributed by atoms with Crippen molar-refractivity contribution in [2.45, 2.75) is 13.0 Å². The van der Waals surface area contributed by atoms with E-state index in [1.165, 1.54) is 26.4 Å². The number of halogens is 1. The normalized spacial score (nSPS) is 11.4. The van der Waals surface area contributed by atoms with Gasteiger partial charge in [-0.15, -0.1) is 0 Å². The highest BCUT2D eigenvalue weighted by Crippen LogP contribution is 2.25. The van der Waals surface area contributed by atoms with Crippen molar-refractivity contribution >= 4 is 23.5 Å². The number of ether oxygens (including phenoxy) is 3. The number of hydrogen-bond acceptors (Lipinski definition) is 5. The first-order valence-electron chi connectivity index (χ1n) is 7.88. The molecule has 26 heavy (non-hydrogen) atoms. The molecule has 0 aromatic heterocycles. The summed E-state index contributed by atoms with van der Waals surface area (Å²) in [7, 11) is 2.77. The minimum absolute atomic E-state index is 0.210. The molecule has 0 bridgehead atoms. The Kier molecular flexibility index (Phi) is 6.86. The largest absolute Gasteiger partial charge is 0.497 e. The van der Waals surface area contributed by atoms with Crippen molar-refractivity contribution in [2.24, 2.45) is 0 Å².